The van der Waals surface area contributed by atoms with Crippen LogP contribution >= 0.6 is 12.4 Å². The van der Waals surface area contributed by atoms with Crippen molar-refractivity contribution in [2.24, 2.45) is 5.41 Å². The van der Waals surface area contributed by atoms with E-state index < -0.39 is 11.4 Å². The molecule has 0 spiro atoms. The van der Waals surface area contributed by atoms with Gasteiger partial charge in [0.2, 0.25) is 0 Å². The summed E-state index contributed by atoms with van der Waals surface area (Å²) in [5, 5.41) is 11.8. The second kappa shape index (κ2) is 3.93. The fraction of sp³-hybridized carbons (Fsp3) is 0.857. The summed E-state index contributed by atoms with van der Waals surface area (Å²) in [6.07, 6.45) is 1.78. The molecule has 0 amide bonds. The van der Waals surface area contributed by atoms with E-state index in [1.807, 2.05) is 0 Å². The summed E-state index contributed by atoms with van der Waals surface area (Å²) in [6.45, 7) is 3.37. The largest absolute Gasteiger partial charge is 0.481 e. The second-order valence-corrected chi connectivity index (χ2v) is 3.15. The van der Waals surface area contributed by atoms with E-state index in [1.165, 1.54) is 0 Å². The van der Waals surface area contributed by atoms with Crippen LogP contribution in [0.15, 0.2) is 0 Å². The standard InChI is InChI=1S/C7H13NO2.ClH/c1-7(6(9)10)3-2-4-8-5-7;/h8H,2-5H2,1H3,(H,9,10);1H/t7-;/m0./s1. The Bertz CT molecular complexity index is 143. The number of hydrogen-bond acceptors (Lipinski definition) is 2. The van der Waals surface area contributed by atoms with Crippen molar-refractivity contribution in [3.05, 3.63) is 0 Å². The van der Waals surface area contributed by atoms with E-state index in [-0.39, 0.29) is 12.4 Å². The van der Waals surface area contributed by atoms with Crippen molar-refractivity contribution in [2.75, 3.05) is 13.1 Å². The average molecular weight is 180 g/mol. The molecule has 0 aromatic carbocycles. The third kappa shape index (κ3) is 2.34. The smallest absolute Gasteiger partial charge is 0.310 e. The third-order valence-electron chi connectivity index (χ3n) is 2.11. The highest BCUT2D eigenvalue weighted by Crippen LogP contribution is 2.24. The van der Waals surface area contributed by atoms with Crippen LogP contribution < -0.4 is 5.32 Å². The minimum absolute atomic E-state index is 0. The lowest BCUT2D eigenvalue weighted by molar-refractivity contribution is -0.148. The van der Waals surface area contributed by atoms with Crippen LogP contribution in [0.2, 0.25) is 0 Å². The number of aliphatic carboxylic acids is 1. The summed E-state index contributed by atoms with van der Waals surface area (Å²) in [7, 11) is 0. The Morgan fingerprint density at radius 3 is 2.55 bits per heavy atom. The molecular formula is C7H14ClNO2. The molecule has 1 saturated heterocycles. The summed E-state index contributed by atoms with van der Waals surface area (Å²) in [5.41, 5.74) is -0.516. The molecule has 11 heavy (non-hydrogen) atoms. The second-order valence-electron chi connectivity index (χ2n) is 3.15. The maximum Gasteiger partial charge on any atom is 0.310 e. The van der Waals surface area contributed by atoms with Gasteiger partial charge in [0, 0.05) is 6.54 Å². The molecule has 1 rings (SSSR count). The fourth-order valence-electron chi connectivity index (χ4n) is 1.24. The van der Waals surface area contributed by atoms with E-state index in [4.69, 9.17) is 5.11 Å². The van der Waals surface area contributed by atoms with Crippen LogP contribution in [0.4, 0.5) is 0 Å². The molecule has 0 radical (unpaired) electrons. The highest BCUT2D eigenvalue weighted by Gasteiger charge is 2.34. The molecule has 2 N–H and O–H groups in total. The normalized spacial score (nSPS) is 30.6. The van der Waals surface area contributed by atoms with Crippen molar-refractivity contribution in [1.29, 1.82) is 0 Å². The predicted molar refractivity (Wildman–Crippen MR) is 45.1 cm³/mol. The monoisotopic (exact) mass is 179 g/mol. The molecular weight excluding hydrogens is 166 g/mol. The zero-order valence-electron chi connectivity index (χ0n) is 6.59. The Morgan fingerprint density at radius 1 is 1.64 bits per heavy atom. The van der Waals surface area contributed by atoms with E-state index in [0.717, 1.165) is 19.4 Å². The zero-order chi connectivity index (χ0) is 7.61. The van der Waals surface area contributed by atoms with Gasteiger partial charge >= 0.3 is 5.97 Å². The summed E-state index contributed by atoms with van der Waals surface area (Å²) in [6, 6.07) is 0. The Kier molecular flexibility index (Phi) is 3.83. The van der Waals surface area contributed by atoms with Crippen molar-refractivity contribution in [2.45, 2.75) is 19.8 Å². The summed E-state index contributed by atoms with van der Waals surface area (Å²) in [4.78, 5) is 10.6. The number of hydrogen-bond donors (Lipinski definition) is 2. The van der Waals surface area contributed by atoms with E-state index in [2.05, 4.69) is 5.32 Å². The molecule has 0 aromatic heterocycles. The first-order valence-electron chi connectivity index (χ1n) is 3.59. The topological polar surface area (TPSA) is 49.3 Å². The summed E-state index contributed by atoms with van der Waals surface area (Å²) in [5.74, 6) is -0.681. The van der Waals surface area contributed by atoms with Crippen LogP contribution in [-0.4, -0.2) is 24.2 Å². The molecule has 0 unspecified atom stereocenters. The van der Waals surface area contributed by atoms with E-state index in [1.54, 1.807) is 6.92 Å². The van der Waals surface area contributed by atoms with E-state index in [0.29, 0.717) is 6.54 Å². The highest BCUT2D eigenvalue weighted by molar-refractivity contribution is 5.85. The number of carbonyl (C=O) groups is 1. The average Bonchev–Trinajstić information content (AvgIpc) is 1.89. The van der Waals surface area contributed by atoms with Crippen LogP contribution in [0.5, 0.6) is 0 Å². The number of nitrogens with one attached hydrogen (secondary N) is 1. The Labute approximate surface area is 72.6 Å². The Balaban J connectivity index is 0.000001000. The van der Waals surface area contributed by atoms with Crippen molar-refractivity contribution in [1.82, 2.24) is 5.32 Å². The molecule has 0 saturated carbocycles. The van der Waals surface area contributed by atoms with Gasteiger partial charge in [0.15, 0.2) is 0 Å². The molecule has 1 fully saturated rings. The molecule has 66 valence electrons. The SMILES string of the molecule is C[C@]1(C(=O)O)CCCNC1.Cl. The first-order chi connectivity index (χ1) is 4.65. The molecule has 1 atom stereocenters. The maximum absolute atomic E-state index is 10.6. The van der Waals surface area contributed by atoms with Crippen LogP contribution in [0.25, 0.3) is 0 Å². The fourth-order valence-corrected chi connectivity index (χ4v) is 1.24. The number of halogens is 1. The predicted octanol–water partition coefficient (Wildman–Crippen LogP) is 0.882. The number of rotatable bonds is 1. The molecule has 1 aliphatic heterocycles. The van der Waals surface area contributed by atoms with Gasteiger partial charge in [-0.15, -0.1) is 12.4 Å². The third-order valence-corrected chi connectivity index (χ3v) is 2.11. The lowest BCUT2D eigenvalue weighted by Gasteiger charge is -2.29. The maximum atomic E-state index is 10.6. The number of carboxylic acids is 1. The van der Waals surface area contributed by atoms with Crippen molar-refractivity contribution in [3.63, 3.8) is 0 Å². The van der Waals surface area contributed by atoms with Crippen LogP contribution in [-0.2, 0) is 4.79 Å². The molecule has 0 aromatic rings. The quantitative estimate of drug-likeness (QED) is 0.629. The lowest BCUT2D eigenvalue weighted by atomic mass is 9.83. The Hall–Kier alpha value is -0.280. The molecule has 4 heteroatoms. The van der Waals surface area contributed by atoms with Crippen molar-refractivity contribution >= 4 is 18.4 Å². The number of carboxylic acid groups (broad SMARTS) is 1. The van der Waals surface area contributed by atoms with Crippen molar-refractivity contribution in [3.8, 4) is 0 Å². The van der Waals surface area contributed by atoms with Gasteiger partial charge in [-0.2, -0.15) is 0 Å². The molecule has 3 nitrogen and oxygen atoms in total. The summed E-state index contributed by atoms with van der Waals surface area (Å²) < 4.78 is 0. The molecule has 1 heterocycles. The Morgan fingerprint density at radius 2 is 2.27 bits per heavy atom. The number of piperidine rings is 1. The van der Waals surface area contributed by atoms with Gasteiger partial charge in [-0.1, -0.05) is 0 Å². The van der Waals surface area contributed by atoms with E-state index in [9.17, 15) is 4.79 Å². The molecule has 1 aliphatic rings. The zero-order valence-corrected chi connectivity index (χ0v) is 7.41. The molecule has 0 bridgehead atoms. The first-order valence-corrected chi connectivity index (χ1v) is 3.59. The van der Waals surface area contributed by atoms with Gasteiger partial charge in [0.05, 0.1) is 5.41 Å². The minimum atomic E-state index is -0.681. The van der Waals surface area contributed by atoms with Gasteiger partial charge < -0.3 is 10.4 Å². The van der Waals surface area contributed by atoms with E-state index >= 15 is 0 Å². The summed E-state index contributed by atoms with van der Waals surface area (Å²) >= 11 is 0. The van der Waals surface area contributed by atoms with Crippen LogP contribution in [0.1, 0.15) is 19.8 Å². The van der Waals surface area contributed by atoms with Gasteiger partial charge in [0.1, 0.15) is 0 Å². The minimum Gasteiger partial charge on any atom is -0.481 e. The van der Waals surface area contributed by atoms with Crippen molar-refractivity contribution < 1.29 is 9.90 Å². The van der Waals surface area contributed by atoms with Gasteiger partial charge in [-0.25, -0.2) is 0 Å². The highest BCUT2D eigenvalue weighted by atomic mass is 35.5. The van der Waals surface area contributed by atoms with Gasteiger partial charge in [0.25, 0.3) is 0 Å². The lowest BCUT2D eigenvalue weighted by Crippen LogP contribution is -2.43. The molecule has 0 aliphatic carbocycles. The van der Waals surface area contributed by atoms with Crippen LogP contribution in [0.3, 0.4) is 0 Å². The van der Waals surface area contributed by atoms with Gasteiger partial charge in [-0.05, 0) is 26.3 Å². The first kappa shape index (κ1) is 10.7. The van der Waals surface area contributed by atoms with Crippen LogP contribution in [0, 0.1) is 5.41 Å². The van der Waals surface area contributed by atoms with Gasteiger partial charge in [-0.3, -0.25) is 4.79 Å².